The van der Waals surface area contributed by atoms with Gasteiger partial charge in [0.05, 0.1) is 5.84 Å². The van der Waals surface area contributed by atoms with Gasteiger partial charge in [0.2, 0.25) is 0 Å². The van der Waals surface area contributed by atoms with Crippen LogP contribution in [0.1, 0.15) is 20.3 Å². The maximum Gasteiger partial charge on any atom is 0.276 e. The van der Waals surface area contributed by atoms with E-state index < -0.39 is 10.2 Å². The van der Waals surface area contributed by atoms with Gasteiger partial charge in [0.15, 0.2) is 0 Å². The molecule has 0 aromatic carbocycles. The smallest absolute Gasteiger partial charge is 0.276 e. The van der Waals surface area contributed by atoms with Gasteiger partial charge in [-0.25, -0.2) is 9.44 Å². The van der Waals surface area contributed by atoms with Gasteiger partial charge in [-0.1, -0.05) is 13.8 Å². The Bertz CT molecular complexity index is 273. The van der Waals surface area contributed by atoms with Crippen LogP contribution in [0.4, 0.5) is 0 Å². The third-order valence-corrected chi connectivity index (χ3v) is 2.50. The molecule has 0 bridgehead atoms. The highest BCUT2D eigenvalue weighted by atomic mass is 32.2. The molecule has 0 heterocycles. The van der Waals surface area contributed by atoms with Crippen molar-refractivity contribution < 1.29 is 8.42 Å². The van der Waals surface area contributed by atoms with Crippen LogP contribution in [0.5, 0.6) is 0 Å². The highest BCUT2D eigenvalue weighted by molar-refractivity contribution is 7.87. The normalized spacial score (nSPS) is 11.9. The maximum atomic E-state index is 11.2. The third-order valence-electron chi connectivity index (χ3n) is 1.37. The van der Waals surface area contributed by atoms with Crippen molar-refractivity contribution in [2.24, 2.45) is 11.7 Å². The lowest BCUT2D eigenvalue weighted by molar-refractivity contribution is 0.548. The summed E-state index contributed by atoms with van der Waals surface area (Å²) >= 11 is 0. The minimum atomic E-state index is -3.42. The Morgan fingerprint density at radius 1 is 1.43 bits per heavy atom. The summed E-state index contributed by atoms with van der Waals surface area (Å²) in [5.74, 6) is 0.232. The van der Waals surface area contributed by atoms with Crippen LogP contribution in [0.25, 0.3) is 0 Å². The van der Waals surface area contributed by atoms with Crippen molar-refractivity contribution in [3.05, 3.63) is 0 Å². The van der Waals surface area contributed by atoms with Crippen molar-refractivity contribution in [3.63, 3.8) is 0 Å². The van der Waals surface area contributed by atoms with Crippen LogP contribution < -0.4 is 15.2 Å². The van der Waals surface area contributed by atoms with E-state index in [0.29, 0.717) is 6.54 Å². The van der Waals surface area contributed by atoms with Gasteiger partial charge in [-0.15, -0.1) is 0 Å². The van der Waals surface area contributed by atoms with E-state index in [1.807, 2.05) is 13.8 Å². The number of hydrogen-bond acceptors (Lipinski definition) is 3. The largest absolute Gasteiger partial charge is 0.388 e. The van der Waals surface area contributed by atoms with Gasteiger partial charge in [0.1, 0.15) is 0 Å². The van der Waals surface area contributed by atoms with E-state index in [-0.39, 0.29) is 24.7 Å². The first-order chi connectivity index (χ1) is 6.33. The Morgan fingerprint density at radius 3 is 2.43 bits per heavy atom. The van der Waals surface area contributed by atoms with Crippen LogP contribution in [0, 0.1) is 11.3 Å². The first-order valence-corrected chi connectivity index (χ1v) is 5.89. The minimum Gasteiger partial charge on any atom is -0.388 e. The quantitative estimate of drug-likeness (QED) is 0.341. The van der Waals surface area contributed by atoms with Gasteiger partial charge in [0, 0.05) is 19.5 Å². The van der Waals surface area contributed by atoms with Crippen molar-refractivity contribution in [2.45, 2.75) is 20.3 Å². The van der Waals surface area contributed by atoms with E-state index in [1.165, 1.54) is 0 Å². The molecule has 0 aliphatic rings. The van der Waals surface area contributed by atoms with Crippen molar-refractivity contribution in [3.8, 4) is 0 Å². The molecule has 0 amide bonds. The van der Waals surface area contributed by atoms with Gasteiger partial charge in [0.25, 0.3) is 10.2 Å². The molecule has 0 aromatic heterocycles. The summed E-state index contributed by atoms with van der Waals surface area (Å²) in [6.45, 7) is 4.38. The number of nitrogens with one attached hydrogen (secondary N) is 3. The van der Waals surface area contributed by atoms with E-state index in [9.17, 15) is 8.42 Å². The molecule has 0 saturated carbocycles. The third kappa shape index (κ3) is 7.96. The lowest BCUT2D eigenvalue weighted by atomic mass is 10.2. The predicted molar refractivity (Wildman–Crippen MR) is 56.3 cm³/mol. The summed E-state index contributed by atoms with van der Waals surface area (Å²) in [4.78, 5) is 0. The minimum absolute atomic E-state index is 0.0310. The average Bonchev–Trinajstić information content (AvgIpc) is 2.00. The molecule has 7 heteroatoms. The summed E-state index contributed by atoms with van der Waals surface area (Å²) in [7, 11) is -3.42. The van der Waals surface area contributed by atoms with Crippen LogP contribution in [0.2, 0.25) is 0 Å². The second-order valence-electron chi connectivity index (χ2n) is 3.42. The second kappa shape index (κ2) is 5.94. The van der Waals surface area contributed by atoms with E-state index >= 15 is 0 Å². The molecule has 0 aliphatic heterocycles. The SMILES string of the molecule is CC(C)CNS(=O)(=O)NCCC(=N)N. The number of nitrogens with two attached hydrogens (primary N) is 1. The van der Waals surface area contributed by atoms with E-state index in [2.05, 4.69) is 9.44 Å². The van der Waals surface area contributed by atoms with Gasteiger partial charge in [-0.05, 0) is 5.92 Å². The molecule has 84 valence electrons. The zero-order valence-electron chi connectivity index (χ0n) is 8.50. The summed E-state index contributed by atoms with van der Waals surface area (Å²) in [6, 6.07) is 0. The van der Waals surface area contributed by atoms with Crippen LogP contribution in [-0.4, -0.2) is 27.3 Å². The molecule has 0 fully saturated rings. The maximum absolute atomic E-state index is 11.2. The first-order valence-electron chi connectivity index (χ1n) is 4.40. The molecule has 5 N–H and O–H groups in total. The fourth-order valence-corrected chi connectivity index (χ4v) is 1.67. The van der Waals surface area contributed by atoms with Gasteiger partial charge in [-0.3, -0.25) is 5.41 Å². The molecule has 14 heavy (non-hydrogen) atoms. The lowest BCUT2D eigenvalue weighted by Gasteiger charge is -2.09. The fourth-order valence-electron chi connectivity index (χ4n) is 0.647. The number of amidine groups is 1. The Morgan fingerprint density at radius 2 is 2.00 bits per heavy atom. The molecule has 0 atom stereocenters. The zero-order chi connectivity index (χ0) is 11.2. The van der Waals surface area contributed by atoms with Gasteiger partial charge >= 0.3 is 0 Å². The molecule has 0 radical (unpaired) electrons. The molecule has 0 saturated heterocycles. The highest BCUT2D eigenvalue weighted by Gasteiger charge is 2.08. The molecule has 0 unspecified atom stereocenters. The standard InChI is InChI=1S/C7H18N4O2S/c1-6(2)5-11-14(12,13)10-4-3-7(8)9/h6,10-11H,3-5H2,1-2H3,(H3,8,9). The van der Waals surface area contributed by atoms with E-state index in [1.54, 1.807) is 0 Å². The van der Waals surface area contributed by atoms with Gasteiger partial charge < -0.3 is 5.73 Å². The molecule has 0 aliphatic carbocycles. The van der Waals surface area contributed by atoms with Crippen molar-refractivity contribution in [1.82, 2.24) is 9.44 Å². The number of rotatable bonds is 7. The molecular weight excluding hydrogens is 204 g/mol. The zero-order valence-corrected chi connectivity index (χ0v) is 9.32. The van der Waals surface area contributed by atoms with E-state index in [0.717, 1.165) is 0 Å². The summed E-state index contributed by atoms with van der Waals surface area (Å²) < 4.78 is 27.0. The lowest BCUT2D eigenvalue weighted by Crippen LogP contribution is -2.39. The monoisotopic (exact) mass is 222 g/mol. The molecular formula is C7H18N4O2S. The average molecular weight is 222 g/mol. The Balaban J connectivity index is 3.79. The first kappa shape index (κ1) is 13.3. The topological polar surface area (TPSA) is 108 Å². The van der Waals surface area contributed by atoms with Gasteiger partial charge in [-0.2, -0.15) is 8.42 Å². The Hall–Kier alpha value is -0.660. The predicted octanol–water partition coefficient (Wildman–Crippen LogP) is -0.608. The molecule has 0 aromatic rings. The fraction of sp³-hybridized carbons (Fsp3) is 0.857. The Labute approximate surface area is 85.0 Å². The van der Waals surface area contributed by atoms with Crippen LogP contribution >= 0.6 is 0 Å². The van der Waals surface area contributed by atoms with Crippen molar-refractivity contribution >= 4 is 16.0 Å². The Kier molecular flexibility index (Phi) is 5.66. The summed E-state index contributed by atoms with van der Waals surface area (Å²) in [6.07, 6.45) is 0.225. The van der Waals surface area contributed by atoms with Crippen LogP contribution in [-0.2, 0) is 10.2 Å². The summed E-state index contributed by atoms with van der Waals surface area (Å²) in [5, 5.41) is 6.89. The molecule has 6 nitrogen and oxygen atoms in total. The highest BCUT2D eigenvalue weighted by Crippen LogP contribution is 1.89. The van der Waals surface area contributed by atoms with Crippen LogP contribution in [0.15, 0.2) is 0 Å². The van der Waals surface area contributed by atoms with Crippen LogP contribution in [0.3, 0.4) is 0 Å². The summed E-state index contributed by atoms with van der Waals surface area (Å²) in [5.41, 5.74) is 5.07. The number of hydrogen-bond donors (Lipinski definition) is 4. The van der Waals surface area contributed by atoms with Crippen molar-refractivity contribution in [1.29, 1.82) is 5.41 Å². The molecule has 0 spiro atoms. The van der Waals surface area contributed by atoms with Crippen molar-refractivity contribution in [2.75, 3.05) is 13.1 Å². The molecule has 0 rings (SSSR count). The van der Waals surface area contributed by atoms with E-state index in [4.69, 9.17) is 11.1 Å². The second-order valence-corrected chi connectivity index (χ2v) is 5.00.